The lowest BCUT2D eigenvalue weighted by Crippen LogP contribution is -2.46. The molecule has 2 rings (SSSR count). The molecular formula is C15H22N2O3. The third kappa shape index (κ3) is 3.35. The minimum atomic E-state index is -0.479. The van der Waals surface area contributed by atoms with Crippen molar-refractivity contribution >= 4 is 6.03 Å². The van der Waals surface area contributed by atoms with Gasteiger partial charge in [-0.1, -0.05) is 13.0 Å². The van der Waals surface area contributed by atoms with Gasteiger partial charge in [0.2, 0.25) is 0 Å². The molecule has 0 spiro atoms. The number of carbonyl (C=O) groups is 1. The van der Waals surface area contributed by atoms with Crippen LogP contribution in [-0.4, -0.2) is 25.8 Å². The minimum Gasteiger partial charge on any atom is -0.486 e. The standard InChI is InChI=1S/C15H22N2O3/c1-4-7-16-14(18)17-15(2,3)11-5-6-12-13(10-11)20-9-8-19-12/h5-6,10H,4,7-9H2,1-3H3,(H2,16,17,18). The normalized spacial score (nSPS) is 13.8. The van der Waals surface area contributed by atoms with Crippen molar-refractivity contribution in [2.45, 2.75) is 32.7 Å². The van der Waals surface area contributed by atoms with Crippen LogP contribution >= 0.6 is 0 Å². The van der Waals surface area contributed by atoms with Crippen LogP contribution in [0.2, 0.25) is 0 Å². The molecule has 5 heteroatoms. The van der Waals surface area contributed by atoms with Gasteiger partial charge in [0.05, 0.1) is 5.54 Å². The van der Waals surface area contributed by atoms with Crippen molar-refractivity contribution < 1.29 is 14.3 Å². The number of hydrogen-bond acceptors (Lipinski definition) is 3. The van der Waals surface area contributed by atoms with Gasteiger partial charge in [0.1, 0.15) is 13.2 Å². The van der Waals surface area contributed by atoms with Crippen LogP contribution < -0.4 is 20.1 Å². The van der Waals surface area contributed by atoms with Gasteiger partial charge < -0.3 is 20.1 Å². The van der Waals surface area contributed by atoms with Gasteiger partial charge in [-0.05, 0) is 38.0 Å². The highest BCUT2D eigenvalue weighted by molar-refractivity contribution is 5.75. The van der Waals surface area contributed by atoms with E-state index in [2.05, 4.69) is 10.6 Å². The van der Waals surface area contributed by atoms with Crippen molar-refractivity contribution in [1.29, 1.82) is 0 Å². The lowest BCUT2D eigenvalue weighted by atomic mass is 9.94. The SMILES string of the molecule is CCCNC(=O)NC(C)(C)c1ccc2c(c1)OCCO2. The van der Waals surface area contributed by atoms with Crippen LogP contribution in [0.4, 0.5) is 4.79 Å². The summed E-state index contributed by atoms with van der Waals surface area (Å²) in [4.78, 5) is 11.8. The summed E-state index contributed by atoms with van der Waals surface area (Å²) in [6.45, 7) is 7.75. The molecule has 0 saturated carbocycles. The lowest BCUT2D eigenvalue weighted by Gasteiger charge is -2.28. The maximum absolute atomic E-state index is 11.8. The molecule has 0 bridgehead atoms. The highest BCUT2D eigenvalue weighted by Crippen LogP contribution is 2.34. The predicted molar refractivity (Wildman–Crippen MR) is 77.3 cm³/mol. The van der Waals surface area contributed by atoms with Crippen molar-refractivity contribution in [2.75, 3.05) is 19.8 Å². The minimum absolute atomic E-state index is 0.160. The van der Waals surface area contributed by atoms with Crippen molar-refractivity contribution in [1.82, 2.24) is 10.6 Å². The average Bonchev–Trinajstić information content (AvgIpc) is 2.44. The lowest BCUT2D eigenvalue weighted by molar-refractivity contribution is 0.171. The van der Waals surface area contributed by atoms with Crippen molar-refractivity contribution in [2.24, 2.45) is 0 Å². The molecule has 0 aromatic heterocycles. The van der Waals surface area contributed by atoms with Crippen LogP contribution in [0.3, 0.4) is 0 Å². The summed E-state index contributed by atoms with van der Waals surface area (Å²) >= 11 is 0. The Kier molecular flexibility index (Phi) is 4.37. The second-order valence-electron chi connectivity index (χ2n) is 5.36. The van der Waals surface area contributed by atoms with Gasteiger partial charge in [-0.25, -0.2) is 4.79 Å². The molecule has 1 aromatic carbocycles. The molecule has 0 atom stereocenters. The number of urea groups is 1. The largest absolute Gasteiger partial charge is 0.486 e. The van der Waals surface area contributed by atoms with Crippen LogP contribution in [0.15, 0.2) is 18.2 Å². The summed E-state index contributed by atoms with van der Waals surface area (Å²) < 4.78 is 11.1. The third-order valence-electron chi connectivity index (χ3n) is 3.23. The van der Waals surface area contributed by atoms with Crippen molar-refractivity contribution in [3.05, 3.63) is 23.8 Å². The molecule has 0 unspecified atom stereocenters. The van der Waals surface area contributed by atoms with Gasteiger partial charge in [0.25, 0.3) is 0 Å². The van der Waals surface area contributed by atoms with Gasteiger partial charge >= 0.3 is 6.03 Å². The van der Waals surface area contributed by atoms with Crippen LogP contribution in [0.25, 0.3) is 0 Å². The maximum Gasteiger partial charge on any atom is 0.315 e. The summed E-state index contributed by atoms with van der Waals surface area (Å²) in [5.41, 5.74) is 0.501. The van der Waals surface area contributed by atoms with E-state index in [1.165, 1.54) is 0 Å². The fourth-order valence-electron chi connectivity index (χ4n) is 2.07. The Labute approximate surface area is 119 Å². The van der Waals surface area contributed by atoms with E-state index in [0.717, 1.165) is 23.5 Å². The van der Waals surface area contributed by atoms with Crippen LogP contribution in [0, 0.1) is 0 Å². The van der Waals surface area contributed by atoms with E-state index in [0.29, 0.717) is 19.8 Å². The first-order chi connectivity index (χ1) is 9.53. The number of nitrogens with one attached hydrogen (secondary N) is 2. The van der Waals surface area contributed by atoms with Crippen LogP contribution in [-0.2, 0) is 5.54 Å². The Morgan fingerprint density at radius 2 is 1.95 bits per heavy atom. The summed E-state index contributed by atoms with van der Waals surface area (Å²) in [7, 11) is 0. The first kappa shape index (κ1) is 14.5. The second kappa shape index (κ2) is 6.03. The van der Waals surface area contributed by atoms with Crippen LogP contribution in [0.1, 0.15) is 32.8 Å². The molecule has 1 heterocycles. The zero-order valence-electron chi connectivity index (χ0n) is 12.3. The molecule has 1 aliphatic heterocycles. The molecule has 0 radical (unpaired) electrons. The first-order valence-electron chi connectivity index (χ1n) is 6.99. The average molecular weight is 278 g/mol. The van der Waals surface area contributed by atoms with Gasteiger partial charge in [0.15, 0.2) is 11.5 Å². The van der Waals surface area contributed by atoms with E-state index in [1.54, 1.807) is 0 Å². The van der Waals surface area contributed by atoms with Crippen molar-refractivity contribution in [3.63, 3.8) is 0 Å². The van der Waals surface area contributed by atoms with Gasteiger partial charge in [-0.15, -0.1) is 0 Å². The smallest absolute Gasteiger partial charge is 0.315 e. The highest BCUT2D eigenvalue weighted by Gasteiger charge is 2.25. The number of ether oxygens (including phenoxy) is 2. The molecule has 2 amide bonds. The molecule has 20 heavy (non-hydrogen) atoms. The summed E-state index contributed by atoms with van der Waals surface area (Å²) in [5.74, 6) is 1.49. The van der Waals surface area contributed by atoms with E-state index < -0.39 is 5.54 Å². The molecule has 2 N–H and O–H groups in total. The Balaban J connectivity index is 2.10. The summed E-state index contributed by atoms with van der Waals surface area (Å²) in [6.07, 6.45) is 0.915. The molecule has 0 fully saturated rings. The predicted octanol–water partition coefficient (Wildman–Crippen LogP) is 2.40. The Hall–Kier alpha value is -1.91. The fourth-order valence-corrected chi connectivity index (χ4v) is 2.07. The quantitative estimate of drug-likeness (QED) is 0.889. The van der Waals surface area contributed by atoms with E-state index in [-0.39, 0.29) is 6.03 Å². The molecule has 0 saturated heterocycles. The van der Waals surface area contributed by atoms with Gasteiger partial charge in [0, 0.05) is 6.54 Å². The number of hydrogen-bond donors (Lipinski definition) is 2. The molecule has 1 aliphatic rings. The topological polar surface area (TPSA) is 59.6 Å². The Morgan fingerprint density at radius 1 is 1.25 bits per heavy atom. The fraction of sp³-hybridized carbons (Fsp3) is 0.533. The first-order valence-corrected chi connectivity index (χ1v) is 6.99. The number of rotatable bonds is 4. The third-order valence-corrected chi connectivity index (χ3v) is 3.23. The highest BCUT2D eigenvalue weighted by atomic mass is 16.6. The van der Waals surface area contributed by atoms with Gasteiger partial charge in [-0.3, -0.25) is 0 Å². The zero-order chi connectivity index (χ0) is 14.6. The number of fused-ring (bicyclic) bond motifs is 1. The number of amides is 2. The molecule has 0 aliphatic carbocycles. The molecular weight excluding hydrogens is 256 g/mol. The van der Waals surface area contributed by atoms with E-state index in [1.807, 2.05) is 39.0 Å². The number of benzene rings is 1. The second-order valence-corrected chi connectivity index (χ2v) is 5.36. The zero-order valence-corrected chi connectivity index (χ0v) is 12.3. The number of carbonyl (C=O) groups excluding carboxylic acids is 1. The Bertz CT molecular complexity index is 486. The van der Waals surface area contributed by atoms with E-state index in [9.17, 15) is 4.79 Å². The van der Waals surface area contributed by atoms with Crippen LogP contribution in [0.5, 0.6) is 11.5 Å². The monoisotopic (exact) mass is 278 g/mol. The van der Waals surface area contributed by atoms with Crippen molar-refractivity contribution in [3.8, 4) is 11.5 Å². The molecule has 110 valence electrons. The molecule has 1 aromatic rings. The van der Waals surface area contributed by atoms with Gasteiger partial charge in [-0.2, -0.15) is 0 Å². The summed E-state index contributed by atoms with van der Waals surface area (Å²) in [5, 5.41) is 5.78. The molecule has 5 nitrogen and oxygen atoms in total. The van der Waals surface area contributed by atoms with E-state index >= 15 is 0 Å². The Morgan fingerprint density at radius 3 is 2.65 bits per heavy atom. The van der Waals surface area contributed by atoms with E-state index in [4.69, 9.17) is 9.47 Å². The summed E-state index contributed by atoms with van der Waals surface area (Å²) in [6, 6.07) is 5.60. The maximum atomic E-state index is 11.8.